The van der Waals surface area contributed by atoms with E-state index in [1.54, 1.807) is 11.3 Å². The second kappa shape index (κ2) is 5.70. The molecule has 6 nitrogen and oxygen atoms in total. The van der Waals surface area contributed by atoms with E-state index in [1.165, 1.54) is 11.8 Å². The van der Waals surface area contributed by atoms with Crippen LogP contribution in [0.2, 0.25) is 0 Å². The summed E-state index contributed by atoms with van der Waals surface area (Å²) in [6, 6.07) is 0. The third-order valence-electron chi connectivity index (χ3n) is 2.41. The topological polar surface area (TPSA) is 66.8 Å². The second-order valence-corrected chi connectivity index (χ2v) is 6.34. The monoisotopic (exact) mass is 296 g/mol. The Kier molecular flexibility index (Phi) is 4.20. The van der Waals surface area contributed by atoms with Gasteiger partial charge in [0.05, 0.1) is 0 Å². The molecule has 1 N–H and O–H groups in total. The van der Waals surface area contributed by atoms with Crippen LogP contribution in [-0.2, 0) is 0 Å². The summed E-state index contributed by atoms with van der Waals surface area (Å²) in [7, 11) is 5.76. The van der Waals surface area contributed by atoms with Crippen LogP contribution >= 0.6 is 23.1 Å². The van der Waals surface area contributed by atoms with Gasteiger partial charge in [0.25, 0.3) is 0 Å². The number of nitrogens with one attached hydrogen (secondary N) is 1. The largest absolute Gasteiger partial charge is 0.373 e. The molecule has 19 heavy (non-hydrogen) atoms. The molecule has 2 heterocycles. The van der Waals surface area contributed by atoms with E-state index in [-0.39, 0.29) is 0 Å². The molecule has 2 rings (SSSR count). The Labute approximate surface area is 120 Å². The molecule has 102 valence electrons. The van der Waals surface area contributed by atoms with Gasteiger partial charge in [0.15, 0.2) is 4.34 Å². The van der Waals surface area contributed by atoms with Crippen molar-refractivity contribution < 1.29 is 0 Å². The van der Waals surface area contributed by atoms with Crippen LogP contribution in [0.3, 0.4) is 0 Å². The smallest absolute Gasteiger partial charge is 0.208 e. The highest BCUT2D eigenvalue weighted by molar-refractivity contribution is 8.01. The van der Waals surface area contributed by atoms with Gasteiger partial charge in [-0.2, -0.15) is 0 Å². The number of rotatable bonds is 4. The van der Waals surface area contributed by atoms with Gasteiger partial charge in [-0.05, 0) is 25.6 Å². The molecule has 2 aromatic heterocycles. The molecule has 0 atom stereocenters. The minimum absolute atomic E-state index is 0.745. The average molecular weight is 296 g/mol. The van der Waals surface area contributed by atoms with Crippen LogP contribution in [0.25, 0.3) is 0 Å². The molecule has 0 spiro atoms. The summed E-state index contributed by atoms with van der Waals surface area (Å²) in [4.78, 5) is 10.8. The standard InChI is InChI=1S/C11H16N6S2/c1-6-8(12-3)13-7(2)14-9(6)18-11-16-15-10(19-11)17(4)5/h1-5H3,(H,12,13,14). The van der Waals surface area contributed by atoms with E-state index >= 15 is 0 Å². The van der Waals surface area contributed by atoms with Gasteiger partial charge in [0.1, 0.15) is 16.7 Å². The quantitative estimate of drug-likeness (QED) is 0.867. The molecule has 0 saturated carbocycles. The van der Waals surface area contributed by atoms with E-state index in [1.807, 2.05) is 39.9 Å². The van der Waals surface area contributed by atoms with E-state index in [2.05, 4.69) is 25.5 Å². The Balaban J connectivity index is 2.29. The fraction of sp³-hybridized carbons (Fsp3) is 0.455. The van der Waals surface area contributed by atoms with Crippen LogP contribution in [0, 0.1) is 13.8 Å². The molecule has 8 heteroatoms. The fourth-order valence-electron chi connectivity index (χ4n) is 1.45. The molecule has 0 aliphatic rings. The van der Waals surface area contributed by atoms with Crippen LogP contribution in [0.1, 0.15) is 11.4 Å². The molecule has 0 radical (unpaired) electrons. The van der Waals surface area contributed by atoms with Crippen LogP contribution < -0.4 is 10.2 Å². The van der Waals surface area contributed by atoms with E-state index in [0.29, 0.717) is 0 Å². The van der Waals surface area contributed by atoms with Crippen molar-refractivity contribution >= 4 is 34.0 Å². The SMILES string of the molecule is CNc1nc(C)nc(Sc2nnc(N(C)C)s2)c1C. The van der Waals surface area contributed by atoms with Gasteiger partial charge in [-0.25, -0.2) is 9.97 Å². The Morgan fingerprint density at radius 3 is 2.47 bits per heavy atom. The van der Waals surface area contributed by atoms with Crippen LogP contribution in [0.4, 0.5) is 10.9 Å². The zero-order chi connectivity index (χ0) is 14.0. The van der Waals surface area contributed by atoms with E-state index in [0.717, 1.165) is 31.7 Å². The Bertz CT molecular complexity index is 581. The van der Waals surface area contributed by atoms with Crippen LogP contribution in [0.5, 0.6) is 0 Å². The van der Waals surface area contributed by atoms with Crippen molar-refractivity contribution in [2.24, 2.45) is 0 Å². The summed E-state index contributed by atoms with van der Waals surface area (Å²) in [6.07, 6.45) is 0. The third kappa shape index (κ3) is 3.13. The molecule has 0 saturated heterocycles. The van der Waals surface area contributed by atoms with Gasteiger partial charge in [0, 0.05) is 26.7 Å². The van der Waals surface area contributed by atoms with Crippen molar-refractivity contribution in [2.75, 3.05) is 31.4 Å². The number of aryl methyl sites for hydroxylation is 1. The molecular weight excluding hydrogens is 280 g/mol. The summed E-state index contributed by atoms with van der Waals surface area (Å²) in [5.74, 6) is 1.60. The summed E-state index contributed by atoms with van der Waals surface area (Å²) < 4.78 is 0.881. The lowest BCUT2D eigenvalue weighted by Gasteiger charge is -2.08. The van der Waals surface area contributed by atoms with Crippen LogP contribution in [-0.4, -0.2) is 41.3 Å². The van der Waals surface area contributed by atoms with Crippen molar-refractivity contribution in [2.45, 2.75) is 23.2 Å². The second-order valence-electron chi connectivity index (χ2n) is 4.15. The lowest BCUT2D eigenvalue weighted by molar-refractivity contribution is 0.933. The number of hydrogen-bond donors (Lipinski definition) is 1. The molecule has 0 aliphatic carbocycles. The first kappa shape index (κ1) is 14.0. The lowest BCUT2D eigenvalue weighted by atomic mass is 10.3. The number of aromatic nitrogens is 4. The Hall–Kier alpha value is -1.41. The van der Waals surface area contributed by atoms with Crippen LogP contribution in [0.15, 0.2) is 9.37 Å². The highest BCUT2D eigenvalue weighted by Gasteiger charge is 2.13. The minimum Gasteiger partial charge on any atom is -0.373 e. The molecular formula is C11H16N6S2. The van der Waals surface area contributed by atoms with Gasteiger partial charge in [-0.1, -0.05) is 11.3 Å². The zero-order valence-electron chi connectivity index (χ0n) is 11.6. The van der Waals surface area contributed by atoms with E-state index < -0.39 is 0 Å². The maximum atomic E-state index is 4.47. The molecule has 0 amide bonds. The summed E-state index contributed by atoms with van der Waals surface area (Å²) >= 11 is 3.07. The average Bonchev–Trinajstić information content (AvgIpc) is 2.82. The summed E-state index contributed by atoms with van der Waals surface area (Å²) in [5, 5.41) is 13.2. The number of hydrogen-bond acceptors (Lipinski definition) is 8. The van der Waals surface area contributed by atoms with E-state index in [4.69, 9.17) is 0 Å². The van der Waals surface area contributed by atoms with Gasteiger partial charge in [-0.3, -0.25) is 0 Å². The minimum atomic E-state index is 0.745. The molecule has 0 aliphatic heterocycles. The fourth-order valence-corrected chi connectivity index (χ4v) is 3.26. The molecule has 0 unspecified atom stereocenters. The van der Waals surface area contributed by atoms with Crippen molar-refractivity contribution in [3.63, 3.8) is 0 Å². The van der Waals surface area contributed by atoms with E-state index in [9.17, 15) is 0 Å². The number of anilines is 2. The number of nitrogens with zero attached hydrogens (tertiary/aromatic N) is 5. The highest BCUT2D eigenvalue weighted by Crippen LogP contribution is 2.34. The third-order valence-corrected chi connectivity index (χ3v) is 4.64. The van der Waals surface area contributed by atoms with Gasteiger partial charge < -0.3 is 10.2 Å². The van der Waals surface area contributed by atoms with Crippen molar-refractivity contribution in [3.05, 3.63) is 11.4 Å². The first-order chi connectivity index (χ1) is 9.01. The summed E-state index contributed by atoms with van der Waals surface area (Å²) in [5.41, 5.74) is 1.03. The predicted octanol–water partition coefficient (Wildman–Crippen LogP) is 2.20. The Morgan fingerprint density at radius 1 is 1.16 bits per heavy atom. The Morgan fingerprint density at radius 2 is 1.89 bits per heavy atom. The van der Waals surface area contributed by atoms with Crippen molar-refractivity contribution in [1.29, 1.82) is 0 Å². The highest BCUT2D eigenvalue weighted by atomic mass is 32.2. The predicted molar refractivity (Wildman–Crippen MR) is 79.4 cm³/mol. The maximum Gasteiger partial charge on any atom is 0.208 e. The van der Waals surface area contributed by atoms with Crippen molar-refractivity contribution in [1.82, 2.24) is 20.2 Å². The molecule has 0 aromatic carbocycles. The maximum absolute atomic E-state index is 4.47. The lowest BCUT2D eigenvalue weighted by Crippen LogP contribution is -2.07. The molecule has 0 fully saturated rings. The molecule has 2 aromatic rings. The first-order valence-corrected chi connectivity index (χ1v) is 7.36. The van der Waals surface area contributed by atoms with Gasteiger partial charge >= 0.3 is 0 Å². The van der Waals surface area contributed by atoms with Gasteiger partial charge in [0.2, 0.25) is 5.13 Å². The summed E-state index contributed by atoms with van der Waals surface area (Å²) in [6.45, 7) is 3.89. The van der Waals surface area contributed by atoms with Crippen molar-refractivity contribution in [3.8, 4) is 0 Å². The molecule has 0 bridgehead atoms. The zero-order valence-corrected chi connectivity index (χ0v) is 13.2. The normalized spacial score (nSPS) is 10.6. The van der Waals surface area contributed by atoms with Gasteiger partial charge in [-0.15, -0.1) is 10.2 Å². The first-order valence-electron chi connectivity index (χ1n) is 5.73.